The minimum Gasteiger partial charge on any atom is -0.461 e. The number of carbonyl (C=O) groups is 2. The van der Waals surface area contributed by atoms with E-state index in [0.29, 0.717) is 6.54 Å². The predicted octanol–water partition coefficient (Wildman–Crippen LogP) is 3.74. The van der Waals surface area contributed by atoms with Crippen LogP contribution in [0, 0.1) is 0 Å². The highest BCUT2D eigenvalue weighted by Gasteiger charge is 2.15. The number of ether oxygens (including phenoxy) is 3. The third kappa shape index (κ3) is 9.91. The number of aromatic nitrogens is 1. The highest BCUT2D eigenvalue weighted by molar-refractivity contribution is 5.87. The lowest BCUT2D eigenvalue weighted by Crippen LogP contribution is -2.27. The molecule has 0 saturated carbocycles. The zero-order valence-electron chi connectivity index (χ0n) is 16.9. The second kappa shape index (κ2) is 14.4. The number of hydrogen-bond donors (Lipinski definition) is 0. The number of carbonyl (C=O) groups excluding carboxylic acids is 2. The van der Waals surface area contributed by atoms with Gasteiger partial charge in [-0.05, 0) is 19.8 Å². The SMILES string of the molecule is CCCCOCC/C=C/C=C/CN(C)C(=O)OCc1cc(C(=O)OCC)no1. The van der Waals surface area contributed by atoms with Gasteiger partial charge in [0.1, 0.15) is 0 Å². The van der Waals surface area contributed by atoms with Crippen LogP contribution in [0.2, 0.25) is 0 Å². The molecule has 0 atom stereocenters. The van der Waals surface area contributed by atoms with Crippen molar-refractivity contribution >= 4 is 12.1 Å². The Morgan fingerprint density at radius 3 is 2.71 bits per heavy atom. The second-order valence-corrected chi connectivity index (χ2v) is 5.94. The Balaban J connectivity index is 2.22. The van der Waals surface area contributed by atoms with Gasteiger partial charge in [0.2, 0.25) is 0 Å². The average molecular weight is 394 g/mol. The van der Waals surface area contributed by atoms with Gasteiger partial charge >= 0.3 is 12.1 Å². The lowest BCUT2D eigenvalue weighted by molar-refractivity contribution is 0.0513. The summed E-state index contributed by atoms with van der Waals surface area (Å²) in [6.07, 6.45) is 10.3. The molecule has 0 aliphatic carbocycles. The van der Waals surface area contributed by atoms with Gasteiger partial charge in [-0.2, -0.15) is 0 Å². The first-order chi connectivity index (χ1) is 13.6. The monoisotopic (exact) mass is 394 g/mol. The first-order valence-electron chi connectivity index (χ1n) is 9.48. The number of likely N-dealkylation sites (N-methyl/N-ethyl adjacent to an activating group) is 1. The molecule has 28 heavy (non-hydrogen) atoms. The van der Waals surface area contributed by atoms with Crippen molar-refractivity contribution in [2.75, 3.05) is 33.4 Å². The van der Waals surface area contributed by atoms with Crippen LogP contribution in [0.3, 0.4) is 0 Å². The number of rotatable bonds is 13. The average Bonchev–Trinajstić information content (AvgIpc) is 3.16. The van der Waals surface area contributed by atoms with Gasteiger partial charge in [0, 0.05) is 26.3 Å². The lowest BCUT2D eigenvalue weighted by atomic mass is 10.3. The van der Waals surface area contributed by atoms with Crippen LogP contribution < -0.4 is 0 Å². The zero-order valence-corrected chi connectivity index (χ0v) is 16.9. The Morgan fingerprint density at radius 1 is 1.18 bits per heavy atom. The second-order valence-electron chi connectivity index (χ2n) is 5.94. The van der Waals surface area contributed by atoms with Crippen LogP contribution in [0.25, 0.3) is 0 Å². The fourth-order valence-electron chi connectivity index (χ4n) is 1.97. The van der Waals surface area contributed by atoms with Gasteiger partial charge in [0.25, 0.3) is 0 Å². The van der Waals surface area contributed by atoms with Gasteiger partial charge in [0.05, 0.1) is 13.2 Å². The fraction of sp³-hybridized carbons (Fsp3) is 0.550. The van der Waals surface area contributed by atoms with Crippen LogP contribution in [0.15, 0.2) is 34.9 Å². The Morgan fingerprint density at radius 2 is 1.96 bits per heavy atom. The summed E-state index contributed by atoms with van der Waals surface area (Å²) in [5.41, 5.74) is 0.0479. The highest BCUT2D eigenvalue weighted by atomic mass is 16.6. The normalized spacial score (nSPS) is 11.2. The lowest BCUT2D eigenvalue weighted by Gasteiger charge is -2.13. The Bertz CT molecular complexity index is 638. The van der Waals surface area contributed by atoms with Gasteiger partial charge < -0.3 is 23.6 Å². The van der Waals surface area contributed by atoms with E-state index in [9.17, 15) is 9.59 Å². The van der Waals surface area contributed by atoms with E-state index < -0.39 is 12.1 Å². The predicted molar refractivity (Wildman–Crippen MR) is 104 cm³/mol. The third-order valence-electron chi connectivity index (χ3n) is 3.53. The van der Waals surface area contributed by atoms with E-state index in [-0.39, 0.29) is 24.7 Å². The number of hydrogen-bond acceptors (Lipinski definition) is 7. The van der Waals surface area contributed by atoms with E-state index in [1.165, 1.54) is 11.0 Å². The van der Waals surface area contributed by atoms with Crippen LogP contribution in [0.4, 0.5) is 4.79 Å². The molecule has 1 aromatic heterocycles. The molecular formula is C20H30N2O6. The first-order valence-corrected chi connectivity index (χ1v) is 9.48. The summed E-state index contributed by atoms with van der Waals surface area (Å²) in [5, 5.41) is 3.58. The molecule has 0 aliphatic rings. The summed E-state index contributed by atoms with van der Waals surface area (Å²) < 4.78 is 20.3. The molecule has 0 spiro atoms. The minimum absolute atomic E-state index is 0.0479. The molecule has 0 unspecified atom stereocenters. The highest BCUT2D eigenvalue weighted by Crippen LogP contribution is 2.07. The van der Waals surface area contributed by atoms with Crippen molar-refractivity contribution in [3.05, 3.63) is 41.8 Å². The largest absolute Gasteiger partial charge is 0.461 e. The van der Waals surface area contributed by atoms with E-state index >= 15 is 0 Å². The molecule has 0 aliphatic heterocycles. The molecular weight excluding hydrogens is 364 g/mol. The maximum Gasteiger partial charge on any atom is 0.410 e. The number of nitrogens with zero attached hydrogens (tertiary/aromatic N) is 2. The summed E-state index contributed by atoms with van der Waals surface area (Å²) in [4.78, 5) is 24.8. The minimum atomic E-state index is -0.577. The topological polar surface area (TPSA) is 91.1 Å². The Labute approximate surface area is 166 Å². The molecule has 0 radical (unpaired) electrons. The molecule has 1 rings (SSSR count). The molecule has 0 bridgehead atoms. The summed E-state index contributed by atoms with van der Waals surface area (Å²) in [5.74, 6) is -0.309. The molecule has 8 heteroatoms. The molecule has 1 aromatic rings. The molecule has 0 N–H and O–H groups in total. The van der Waals surface area contributed by atoms with Gasteiger partial charge in [-0.15, -0.1) is 0 Å². The van der Waals surface area contributed by atoms with Crippen LogP contribution in [-0.2, 0) is 20.8 Å². The van der Waals surface area contributed by atoms with Crippen molar-refractivity contribution in [3.63, 3.8) is 0 Å². The van der Waals surface area contributed by atoms with Crippen molar-refractivity contribution in [2.24, 2.45) is 0 Å². The smallest absolute Gasteiger partial charge is 0.410 e. The summed E-state index contributed by atoms with van der Waals surface area (Å²) in [6, 6.07) is 1.39. The van der Waals surface area contributed by atoms with Gasteiger partial charge in [0.15, 0.2) is 18.1 Å². The van der Waals surface area contributed by atoms with E-state index in [0.717, 1.165) is 32.5 Å². The molecule has 156 valence electrons. The summed E-state index contributed by atoms with van der Waals surface area (Å²) in [7, 11) is 1.63. The maximum absolute atomic E-state index is 11.9. The zero-order chi connectivity index (χ0) is 20.6. The molecule has 8 nitrogen and oxygen atoms in total. The summed E-state index contributed by atoms with van der Waals surface area (Å²) >= 11 is 0. The quantitative estimate of drug-likeness (QED) is 0.286. The fourth-order valence-corrected chi connectivity index (χ4v) is 1.97. The van der Waals surface area contributed by atoms with Gasteiger partial charge in [-0.25, -0.2) is 9.59 Å². The standard InChI is InChI=1S/C20H30N2O6/c1-4-6-13-25-14-11-9-7-8-10-12-22(3)20(24)27-16-17-15-18(21-28-17)19(23)26-5-2/h7-10,15H,4-6,11-14,16H2,1-3H3/b9-7+,10-8+. The first kappa shape index (κ1) is 23.4. The third-order valence-corrected chi connectivity index (χ3v) is 3.53. The molecule has 1 amide bonds. The molecule has 0 aromatic carbocycles. The van der Waals surface area contributed by atoms with E-state index in [1.54, 1.807) is 14.0 Å². The number of unbranched alkanes of at least 4 members (excludes halogenated alkanes) is 1. The van der Waals surface area contributed by atoms with Crippen LogP contribution in [-0.4, -0.2) is 55.5 Å². The Hall–Kier alpha value is -2.61. The number of amides is 1. The van der Waals surface area contributed by atoms with Crippen LogP contribution in [0.1, 0.15) is 49.4 Å². The van der Waals surface area contributed by atoms with Crippen LogP contribution in [0.5, 0.6) is 0 Å². The Kier molecular flexibility index (Phi) is 12.1. The van der Waals surface area contributed by atoms with E-state index in [1.807, 2.05) is 24.3 Å². The van der Waals surface area contributed by atoms with Gasteiger partial charge in [-0.3, -0.25) is 0 Å². The van der Waals surface area contributed by atoms with Crippen molar-refractivity contribution in [3.8, 4) is 0 Å². The van der Waals surface area contributed by atoms with Crippen LogP contribution >= 0.6 is 0 Å². The number of allylic oxidation sites excluding steroid dienone is 2. The molecule has 1 heterocycles. The van der Waals surface area contributed by atoms with Crippen molar-refractivity contribution in [2.45, 2.75) is 39.7 Å². The van der Waals surface area contributed by atoms with Crippen molar-refractivity contribution in [1.82, 2.24) is 10.1 Å². The molecule has 0 fully saturated rings. The van der Waals surface area contributed by atoms with E-state index in [2.05, 4.69) is 12.1 Å². The van der Waals surface area contributed by atoms with E-state index in [4.69, 9.17) is 18.7 Å². The van der Waals surface area contributed by atoms with Gasteiger partial charge in [-0.1, -0.05) is 42.8 Å². The summed E-state index contributed by atoms with van der Waals surface area (Å²) in [6.45, 7) is 5.90. The number of esters is 1. The maximum atomic E-state index is 11.9. The van der Waals surface area contributed by atoms with Crippen molar-refractivity contribution < 1.29 is 28.3 Å². The molecule has 0 saturated heterocycles. The van der Waals surface area contributed by atoms with Crippen molar-refractivity contribution in [1.29, 1.82) is 0 Å².